The van der Waals surface area contributed by atoms with Gasteiger partial charge in [-0.25, -0.2) is 0 Å². The van der Waals surface area contributed by atoms with E-state index in [-0.39, 0.29) is 0 Å². The first-order valence-electron chi connectivity index (χ1n) is 5.41. The van der Waals surface area contributed by atoms with E-state index in [4.69, 9.17) is 5.73 Å². The molecule has 0 spiro atoms. The monoisotopic (exact) mass is 288 g/mol. The first-order valence-corrected chi connectivity index (χ1v) is 7.02. The van der Waals surface area contributed by atoms with Crippen LogP contribution in [0.4, 0.5) is 0 Å². The summed E-state index contributed by atoms with van der Waals surface area (Å²) in [6.45, 7) is 4.50. The molecule has 0 bridgehead atoms. The van der Waals surface area contributed by atoms with Crippen LogP contribution in [0.15, 0.2) is 15.9 Å². The molecule has 0 saturated carbocycles. The number of piperidine rings is 1. The number of nitrogens with zero attached hydrogens (tertiary/aromatic N) is 1. The summed E-state index contributed by atoms with van der Waals surface area (Å²) in [5, 5.41) is 0. The molecule has 4 heteroatoms. The summed E-state index contributed by atoms with van der Waals surface area (Å²) in [6, 6.07) is 5.21. The number of hydrogen-bond donors (Lipinski definition) is 1. The van der Waals surface area contributed by atoms with Gasteiger partial charge in [0.05, 0.1) is 3.79 Å². The maximum absolute atomic E-state index is 6.00. The quantitative estimate of drug-likeness (QED) is 0.907. The average molecular weight is 289 g/mol. The zero-order chi connectivity index (χ0) is 10.8. The van der Waals surface area contributed by atoms with Gasteiger partial charge in [0, 0.05) is 23.5 Å². The van der Waals surface area contributed by atoms with Crippen molar-refractivity contribution >= 4 is 27.3 Å². The van der Waals surface area contributed by atoms with Crippen LogP contribution in [0.5, 0.6) is 0 Å². The molecule has 0 amide bonds. The molecule has 0 aliphatic carbocycles. The van der Waals surface area contributed by atoms with Crippen LogP contribution in [0.3, 0.4) is 0 Å². The fraction of sp³-hybridized carbons (Fsp3) is 0.636. The Morgan fingerprint density at radius 3 is 3.00 bits per heavy atom. The van der Waals surface area contributed by atoms with Gasteiger partial charge in [0.1, 0.15) is 0 Å². The highest BCUT2D eigenvalue weighted by molar-refractivity contribution is 9.11. The summed E-state index contributed by atoms with van der Waals surface area (Å²) in [5.74, 6) is 0. The molecule has 1 aliphatic heterocycles. The highest BCUT2D eigenvalue weighted by Crippen LogP contribution is 2.31. The van der Waals surface area contributed by atoms with Gasteiger partial charge < -0.3 is 5.73 Å². The van der Waals surface area contributed by atoms with Crippen molar-refractivity contribution in [1.29, 1.82) is 0 Å². The minimum Gasteiger partial charge on any atom is -0.327 e. The molecular formula is C11H17BrN2S. The minimum atomic E-state index is 0.365. The van der Waals surface area contributed by atoms with Crippen molar-refractivity contribution in [2.45, 2.75) is 31.8 Å². The van der Waals surface area contributed by atoms with E-state index in [9.17, 15) is 0 Å². The van der Waals surface area contributed by atoms with Gasteiger partial charge in [0.25, 0.3) is 0 Å². The molecule has 1 fully saturated rings. The first kappa shape index (κ1) is 11.6. The number of likely N-dealkylation sites (tertiary alicyclic amines) is 1. The zero-order valence-electron chi connectivity index (χ0n) is 8.95. The van der Waals surface area contributed by atoms with Crippen LogP contribution in [0.25, 0.3) is 0 Å². The summed E-state index contributed by atoms with van der Waals surface area (Å²) in [6.07, 6.45) is 2.41. The number of hydrogen-bond acceptors (Lipinski definition) is 3. The highest BCUT2D eigenvalue weighted by atomic mass is 79.9. The lowest BCUT2D eigenvalue weighted by Crippen LogP contribution is -2.43. The van der Waals surface area contributed by atoms with Crippen LogP contribution >= 0.6 is 27.3 Å². The molecule has 2 rings (SSSR count). The minimum absolute atomic E-state index is 0.365. The van der Waals surface area contributed by atoms with Crippen LogP contribution in [0, 0.1) is 0 Å². The molecule has 2 nitrogen and oxygen atoms in total. The fourth-order valence-corrected chi connectivity index (χ4v) is 3.63. The first-order chi connectivity index (χ1) is 7.16. The van der Waals surface area contributed by atoms with Crippen molar-refractivity contribution < 1.29 is 0 Å². The van der Waals surface area contributed by atoms with Gasteiger partial charge in [-0.15, -0.1) is 11.3 Å². The largest absolute Gasteiger partial charge is 0.327 e. The third kappa shape index (κ3) is 2.81. The van der Waals surface area contributed by atoms with Gasteiger partial charge in [-0.2, -0.15) is 0 Å². The number of nitrogens with two attached hydrogens (primary N) is 1. The zero-order valence-corrected chi connectivity index (χ0v) is 11.4. The molecular weight excluding hydrogens is 272 g/mol. The topological polar surface area (TPSA) is 29.3 Å². The maximum Gasteiger partial charge on any atom is 0.0701 e. The van der Waals surface area contributed by atoms with Gasteiger partial charge in [-0.1, -0.05) is 0 Å². The van der Waals surface area contributed by atoms with Crippen LogP contribution in [0.1, 0.15) is 30.7 Å². The fourth-order valence-electron chi connectivity index (χ4n) is 2.12. The molecule has 0 radical (unpaired) electrons. The third-order valence-electron chi connectivity index (χ3n) is 3.04. The van der Waals surface area contributed by atoms with E-state index < -0.39 is 0 Å². The van der Waals surface area contributed by atoms with E-state index in [2.05, 4.69) is 39.9 Å². The lowest BCUT2D eigenvalue weighted by molar-refractivity contribution is 0.161. The van der Waals surface area contributed by atoms with Gasteiger partial charge in [-0.3, -0.25) is 4.90 Å². The second-order valence-electron chi connectivity index (χ2n) is 4.22. The molecule has 2 unspecified atom stereocenters. The summed E-state index contributed by atoms with van der Waals surface area (Å²) >= 11 is 5.34. The Hall–Kier alpha value is 0.1000. The lowest BCUT2D eigenvalue weighted by atomic mass is 10.0. The van der Waals surface area contributed by atoms with Crippen LogP contribution < -0.4 is 5.73 Å². The van der Waals surface area contributed by atoms with E-state index in [1.54, 1.807) is 0 Å². The van der Waals surface area contributed by atoms with E-state index in [0.717, 1.165) is 6.54 Å². The molecule has 84 valence electrons. The van der Waals surface area contributed by atoms with Crippen molar-refractivity contribution in [1.82, 2.24) is 4.90 Å². The highest BCUT2D eigenvalue weighted by Gasteiger charge is 2.22. The molecule has 0 aromatic carbocycles. The van der Waals surface area contributed by atoms with Gasteiger partial charge in [-0.05, 0) is 54.4 Å². The second kappa shape index (κ2) is 4.95. The summed E-state index contributed by atoms with van der Waals surface area (Å²) in [4.78, 5) is 3.92. The van der Waals surface area contributed by atoms with Crippen LogP contribution in [-0.4, -0.2) is 24.0 Å². The summed E-state index contributed by atoms with van der Waals surface area (Å²) in [5.41, 5.74) is 6.00. The summed E-state index contributed by atoms with van der Waals surface area (Å²) in [7, 11) is 0. The predicted octanol–water partition coefficient (Wildman–Crippen LogP) is 2.99. The van der Waals surface area contributed by atoms with Crippen molar-refractivity contribution in [2.75, 3.05) is 13.1 Å². The molecule has 1 aliphatic rings. The van der Waals surface area contributed by atoms with E-state index in [1.165, 1.54) is 28.0 Å². The Bertz CT molecular complexity index is 326. The Morgan fingerprint density at radius 1 is 1.60 bits per heavy atom. The average Bonchev–Trinajstić information content (AvgIpc) is 2.64. The Labute approximate surface area is 104 Å². The standard InChI is InChI=1S/C11H17BrN2S/c1-8(10-4-5-11(12)15-10)14-6-2-3-9(13)7-14/h4-5,8-9H,2-3,6-7,13H2,1H3. The molecule has 1 saturated heterocycles. The number of rotatable bonds is 2. The Kier molecular flexibility index (Phi) is 3.83. The SMILES string of the molecule is CC(c1ccc(Br)s1)N1CCCC(N)C1. The smallest absolute Gasteiger partial charge is 0.0701 e. The third-order valence-corrected chi connectivity index (χ3v) is 4.84. The normalized spacial score (nSPS) is 25.4. The van der Waals surface area contributed by atoms with Crippen molar-refractivity contribution in [2.24, 2.45) is 5.73 Å². The van der Waals surface area contributed by atoms with Crippen LogP contribution in [-0.2, 0) is 0 Å². The molecule has 15 heavy (non-hydrogen) atoms. The van der Waals surface area contributed by atoms with Crippen molar-refractivity contribution in [3.8, 4) is 0 Å². The Balaban J connectivity index is 2.03. The van der Waals surface area contributed by atoms with Crippen molar-refractivity contribution in [3.63, 3.8) is 0 Å². The Morgan fingerprint density at radius 2 is 2.40 bits per heavy atom. The number of thiophene rings is 1. The molecule has 1 aromatic heterocycles. The van der Waals surface area contributed by atoms with Gasteiger partial charge in [0.2, 0.25) is 0 Å². The van der Waals surface area contributed by atoms with Gasteiger partial charge in [0.15, 0.2) is 0 Å². The predicted molar refractivity (Wildman–Crippen MR) is 69.2 cm³/mol. The number of halogens is 1. The van der Waals surface area contributed by atoms with Crippen LogP contribution in [0.2, 0.25) is 0 Å². The van der Waals surface area contributed by atoms with E-state index in [1.807, 2.05) is 11.3 Å². The second-order valence-corrected chi connectivity index (χ2v) is 6.71. The lowest BCUT2D eigenvalue weighted by Gasteiger charge is -2.34. The van der Waals surface area contributed by atoms with Crippen molar-refractivity contribution in [3.05, 3.63) is 20.8 Å². The van der Waals surface area contributed by atoms with E-state index in [0.29, 0.717) is 12.1 Å². The van der Waals surface area contributed by atoms with E-state index >= 15 is 0 Å². The molecule has 1 aromatic rings. The molecule has 2 atom stereocenters. The molecule has 2 N–H and O–H groups in total. The van der Waals surface area contributed by atoms with Gasteiger partial charge >= 0.3 is 0 Å². The maximum atomic E-state index is 6.00. The summed E-state index contributed by atoms with van der Waals surface area (Å²) < 4.78 is 1.21. The molecule has 2 heterocycles.